The van der Waals surface area contributed by atoms with Crippen LogP contribution >= 0.6 is 0 Å². The van der Waals surface area contributed by atoms with Crippen LogP contribution in [0.2, 0.25) is 0 Å². The van der Waals surface area contributed by atoms with Gasteiger partial charge in [-0.05, 0) is 24.3 Å². The van der Waals surface area contributed by atoms with Crippen molar-refractivity contribution in [1.82, 2.24) is 9.21 Å². The fraction of sp³-hybridized carbons (Fsp3) is 0.533. The summed E-state index contributed by atoms with van der Waals surface area (Å²) in [6, 6.07) is 7.96. The third-order valence-electron chi connectivity index (χ3n) is 3.74. The maximum atomic E-state index is 12.6. The predicted molar refractivity (Wildman–Crippen MR) is 84.3 cm³/mol. The molecule has 0 saturated carbocycles. The standard InChI is InChI=1S/C15H21N3O4S/c16-13-14-1-3-15(4-2-14)23(20,21)18-7-5-17(6-8-18)9-11-22-12-10-19/h1-4,19H,5-12H2. The number of hydrogen-bond acceptors (Lipinski definition) is 6. The number of rotatable bonds is 7. The molecule has 1 saturated heterocycles. The number of benzene rings is 1. The first-order valence-electron chi connectivity index (χ1n) is 7.49. The highest BCUT2D eigenvalue weighted by Crippen LogP contribution is 2.18. The van der Waals surface area contributed by atoms with E-state index in [1.54, 1.807) is 0 Å². The zero-order valence-corrected chi connectivity index (χ0v) is 13.7. The molecule has 0 spiro atoms. The molecule has 1 aromatic carbocycles. The SMILES string of the molecule is N#Cc1ccc(S(=O)(=O)N2CCN(CCOCCO)CC2)cc1. The predicted octanol–water partition coefficient (Wildman–Crippen LogP) is -0.127. The minimum Gasteiger partial charge on any atom is -0.394 e. The van der Waals surface area contributed by atoms with Crippen LogP contribution in [0, 0.1) is 11.3 Å². The Morgan fingerprint density at radius 2 is 1.78 bits per heavy atom. The van der Waals surface area contributed by atoms with Gasteiger partial charge >= 0.3 is 0 Å². The molecule has 0 unspecified atom stereocenters. The van der Waals surface area contributed by atoms with Gasteiger partial charge in [0.15, 0.2) is 0 Å². The quantitative estimate of drug-likeness (QED) is 0.696. The molecule has 0 radical (unpaired) electrons. The largest absolute Gasteiger partial charge is 0.394 e. The van der Waals surface area contributed by atoms with Crippen molar-refractivity contribution in [1.29, 1.82) is 5.26 Å². The van der Waals surface area contributed by atoms with Gasteiger partial charge in [-0.2, -0.15) is 9.57 Å². The number of nitriles is 1. The molecule has 0 atom stereocenters. The minimum atomic E-state index is -3.51. The summed E-state index contributed by atoms with van der Waals surface area (Å²) in [7, 11) is -3.51. The lowest BCUT2D eigenvalue weighted by Gasteiger charge is -2.33. The third-order valence-corrected chi connectivity index (χ3v) is 5.65. The minimum absolute atomic E-state index is 0.0105. The molecular formula is C15H21N3O4S. The van der Waals surface area contributed by atoms with Crippen LogP contribution in [0.25, 0.3) is 0 Å². The van der Waals surface area contributed by atoms with Gasteiger partial charge in [0.2, 0.25) is 10.0 Å². The van der Waals surface area contributed by atoms with E-state index < -0.39 is 10.0 Å². The van der Waals surface area contributed by atoms with Crippen molar-refractivity contribution < 1.29 is 18.3 Å². The summed E-state index contributed by atoms with van der Waals surface area (Å²) in [5.41, 5.74) is 0.441. The van der Waals surface area contributed by atoms with Gasteiger partial charge in [-0.15, -0.1) is 0 Å². The normalized spacial score (nSPS) is 17.0. The van der Waals surface area contributed by atoms with Gasteiger partial charge in [0, 0.05) is 32.7 Å². The Morgan fingerprint density at radius 3 is 2.35 bits per heavy atom. The second-order valence-electron chi connectivity index (χ2n) is 5.22. The van der Waals surface area contributed by atoms with Crippen molar-refractivity contribution in [3.63, 3.8) is 0 Å². The van der Waals surface area contributed by atoms with Crippen molar-refractivity contribution in [3.8, 4) is 6.07 Å². The Morgan fingerprint density at radius 1 is 1.13 bits per heavy atom. The summed E-state index contributed by atoms with van der Waals surface area (Å²) in [5.74, 6) is 0. The molecule has 8 heteroatoms. The molecule has 1 aliphatic heterocycles. The van der Waals surface area contributed by atoms with E-state index in [0.717, 1.165) is 6.54 Å². The zero-order valence-electron chi connectivity index (χ0n) is 12.9. The van der Waals surface area contributed by atoms with Gasteiger partial charge in [-0.25, -0.2) is 8.42 Å². The number of aliphatic hydroxyl groups excluding tert-OH is 1. The van der Waals surface area contributed by atoms with Crippen molar-refractivity contribution >= 4 is 10.0 Å². The summed E-state index contributed by atoms with van der Waals surface area (Å²) in [6.45, 7) is 3.76. The van der Waals surface area contributed by atoms with E-state index in [-0.39, 0.29) is 11.5 Å². The van der Waals surface area contributed by atoms with Gasteiger partial charge in [0.05, 0.1) is 36.3 Å². The van der Waals surface area contributed by atoms with E-state index in [9.17, 15) is 8.42 Å². The first-order chi connectivity index (χ1) is 11.1. The molecule has 1 N–H and O–H groups in total. The fourth-order valence-corrected chi connectivity index (χ4v) is 3.83. The average molecular weight is 339 g/mol. The van der Waals surface area contributed by atoms with Crippen LogP contribution in [0.15, 0.2) is 29.2 Å². The molecule has 0 bridgehead atoms. The van der Waals surface area contributed by atoms with Crippen LogP contribution in [0.3, 0.4) is 0 Å². The molecular weight excluding hydrogens is 318 g/mol. The summed E-state index contributed by atoms with van der Waals surface area (Å²) in [5, 5.41) is 17.4. The molecule has 2 rings (SSSR count). The lowest BCUT2D eigenvalue weighted by atomic mass is 10.2. The summed E-state index contributed by atoms with van der Waals surface area (Å²) in [6.07, 6.45) is 0. The van der Waals surface area contributed by atoms with Gasteiger partial charge in [0.1, 0.15) is 0 Å². The van der Waals surface area contributed by atoms with Crippen LogP contribution in [-0.4, -0.2) is 75.3 Å². The second-order valence-corrected chi connectivity index (χ2v) is 7.16. The Kier molecular flexibility index (Phi) is 6.50. The van der Waals surface area contributed by atoms with Crippen molar-refractivity contribution in [2.75, 3.05) is 52.5 Å². The monoisotopic (exact) mass is 339 g/mol. The van der Waals surface area contributed by atoms with Crippen molar-refractivity contribution in [3.05, 3.63) is 29.8 Å². The summed E-state index contributed by atoms with van der Waals surface area (Å²) in [4.78, 5) is 2.36. The van der Waals surface area contributed by atoms with Crippen LogP contribution < -0.4 is 0 Å². The molecule has 0 amide bonds. The molecule has 1 heterocycles. The molecule has 1 aromatic rings. The summed E-state index contributed by atoms with van der Waals surface area (Å²) >= 11 is 0. The Labute approximate surface area is 136 Å². The molecule has 0 aromatic heterocycles. The number of aliphatic hydroxyl groups is 1. The van der Waals surface area contributed by atoms with E-state index in [4.69, 9.17) is 15.1 Å². The first kappa shape index (κ1) is 17.8. The first-order valence-corrected chi connectivity index (χ1v) is 8.93. The molecule has 126 valence electrons. The van der Waals surface area contributed by atoms with Crippen LogP contribution in [0.4, 0.5) is 0 Å². The van der Waals surface area contributed by atoms with Gasteiger partial charge in [-0.3, -0.25) is 4.90 Å². The van der Waals surface area contributed by atoms with E-state index in [0.29, 0.717) is 45.0 Å². The van der Waals surface area contributed by atoms with Crippen LogP contribution in [-0.2, 0) is 14.8 Å². The maximum Gasteiger partial charge on any atom is 0.243 e. The highest BCUT2D eigenvalue weighted by Gasteiger charge is 2.28. The van der Waals surface area contributed by atoms with Crippen molar-refractivity contribution in [2.45, 2.75) is 4.90 Å². The highest BCUT2D eigenvalue weighted by atomic mass is 32.2. The van der Waals surface area contributed by atoms with E-state index in [2.05, 4.69) is 4.90 Å². The zero-order chi connectivity index (χ0) is 16.7. The van der Waals surface area contributed by atoms with Gasteiger partial charge in [-0.1, -0.05) is 0 Å². The number of sulfonamides is 1. The smallest absolute Gasteiger partial charge is 0.243 e. The molecule has 7 nitrogen and oxygen atoms in total. The number of hydrogen-bond donors (Lipinski definition) is 1. The average Bonchev–Trinajstić information content (AvgIpc) is 2.59. The van der Waals surface area contributed by atoms with Gasteiger partial charge in [0.25, 0.3) is 0 Å². The number of ether oxygens (including phenoxy) is 1. The van der Waals surface area contributed by atoms with E-state index in [1.807, 2.05) is 6.07 Å². The highest BCUT2D eigenvalue weighted by molar-refractivity contribution is 7.89. The Hall–Kier alpha value is -1.50. The van der Waals surface area contributed by atoms with E-state index in [1.165, 1.54) is 28.6 Å². The Balaban J connectivity index is 1.89. The fourth-order valence-electron chi connectivity index (χ4n) is 2.40. The topological polar surface area (TPSA) is 93.9 Å². The Bertz CT molecular complexity index is 632. The summed E-state index contributed by atoms with van der Waals surface area (Å²) < 4.78 is 31.8. The molecule has 1 fully saturated rings. The van der Waals surface area contributed by atoms with E-state index >= 15 is 0 Å². The number of nitrogens with zero attached hydrogens (tertiary/aromatic N) is 3. The lowest BCUT2D eigenvalue weighted by molar-refractivity contribution is 0.0661. The van der Waals surface area contributed by atoms with Crippen LogP contribution in [0.5, 0.6) is 0 Å². The molecule has 1 aliphatic rings. The molecule has 23 heavy (non-hydrogen) atoms. The third kappa shape index (κ3) is 4.73. The maximum absolute atomic E-state index is 12.6. The lowest BCUT2D eigenvalue weighted by Crippen LogP contribution is -2.49. The van der Waals surface area contributed by atoms with Gasteiger partial charge < -0.3 is 9.84 Å². The van der Waals surface area contributed by atoms with Crippen LogP contribution in [0.1, 0.15) is 5.56 Å². The number of piperazine rings is 1. The van der Waals surface area contributed by atoms with Crippen molar-refractivity contribution in [2.24, 2.45) is 0 Å². The molecule has 0 aliphatic carbocycles. The second kappa shape index (κ2) is 8.38.